The molecule has 0 N–H and O–H groups in total. The predicted molar refractivity (Wildman–Crippen MR) is 125 cm³/mol. The van der Waals surface area contributed by atoms with Crippen LogP contribution in [0.2, 0.25) is 19.6 Å². The van der Waals surface area contributed by atoms with Gasteiger partial charge in [-0.15, -0.1) is 0 Å². The van der Waals surface area contributed by atoms with Crippen LogP contribution in [0.5, 0.6) is 5.75 Å². The molecular formula is C25H26N2O4Si. The topological polar surface area (TPSA) is 70.4 Å². The van der Waals surface area contributed by atoms with Gasteiger partial charge in [0.25, 0.3) is 5.56 Å². The molecule has 0 atom stereocenters. The first kappa shape index (κ1) is 19.7. The van der Waals surface area contributed by atoms with E-state index in [1.54, 1.807) is 0 Å². The SMILES string of the molecule is CCc1c2c(nc3ccc(O[Si](C)(C)C)cc13)-c1cc3c(c(=O)n1C2)COC(=O)C31CC1. The van der Waals surface area contributed by atoms with Crippen molar-refractivity contribution in [3.63, 3.8) is 0 Å². The zero-order chi connectivity index (χ0) is 22.4. The van der Waals surface area contributed by atoms with Crippen LogP contribution in [0.3, 0.4) is 0 Å². The van der Waals surface area contributed by atoms with Crippen molar-refractivity contribution in [3.05, 3.63) is 56.9 Å². The number of fused-ring (bicyclic) bond motifs is 6. The van der Waals surface area contributed by atoms with Gasteiger partial charge in [-0.1, -0.05) is 6.92 Å². The molecule has 1 aliphatic carbocycles. The zero-order valence-electron chi connectivity index (χ0n) is 18.9. The maximum atomic E-state index is 13.4. The molecule has 7 heteroatoms. The van der Waals surface area contributed by atoms with E-state index in [2.05, 4.69) is 32.6 Å². The van der Waals surface area contributed by atoms with E-state index >= 15 is 0 Å². The highest BCUT2D eigenvalue weighted by Gasteiger charge is 2.56. The van der Waals surface area contributed by atoms with Gasteiger partial charge in [-0.3, -0.25) is 9.59 Å². The van der Waals surface area contributed by atoms with Crippen LogP contribution in [0.25, 0.3) is 22.3 Å². The molecule has 1 spiro atoms. The zero-order valence-corrected chi connectivity index (χ0v) is 19.9. The molecule has 0 saturated heterocycles. The quantitative estimate of drug-likeness (QED) is 0.347. The van der Waals surface area contributed by atoms with Gasteiger partial charge in [-0.2, -0.15) is 0 Å². The first-order chi connectivity index (χ1) is 15.2. The Balaban J connectivity index is 1.56. The van der Waals surface area contributed by atoms with Crippen LogP contribution < -0.4 is 9.99 Å². The van der Waals surface area contributed by atoms with Crippen molar-refractivity contribution in [2.24, 2.45) is 0 Å². The number of ether oxygens (including phenoxy) is 1. The molecule has 0 amide bonds. The second-order valence-electron chi connectivity index (χ2n) is 10.1. The highest BCUT2D eigenvalue weighted by molar-refractivity contribution is 6.70. The Hall–Kier alpha value is -2.93. The Morgan fingerprint density at radius 2 is 1.94 bits per heavy atom. The number of nitrogens with zero attached hydrogens (tertiary/aromatic N) is 2. The van der Waals surface area contributed by atoms with Gasteiger partial charge < -0.3 is 13.7 Å². The molecule has 2 aromatic heterocycles. The molecule has 164 valence electrons. The lowest BCUT2D eigenvalue weighted by atomic mass is 9.89. The van der Waals surface area contributed by atoms with Gasteiger partial charge in [0.2, 0.25) is 8.32 Å². The lowest BCUT2D eigenvalue weighted by Crippen LogP contribution is -2.36. The van der Waals surface area contributed by atoms with E-state index < -0.39 is 13.7 Å². The molecule has 1 fully saturated rings. The molecule has 0 bridgehead atoms. The minimum atomic E-state index is -1.73. The lowest BCUT2D eigenvalue weighted by Gasteiger charge is -2.24. The standard InChI is InChI=1S/C25H26N2O4Si/c1-5-15-16-10-14(31-32(2,3)4)6-7-20(16)26-22-17(15)12-27-21(22)11-19-18(23(27)28)13-30-24(29)25(19)8-9-25/h6-7,10-11H,5,8-9,12-13H2,1-4H3. The first-order valence-corrected chi connectivity index (χ1v) is 14.7. The van der Waals surface area contributed by atoms with E-state index in [0.717, 1.165) is 58.4 Å². The Morgan fingerprint density at radius 3 is 2.62 bits per heavy atom. The van der Waals surface area contributed by atoms with Crippen molar-refractivity contribution in [2.45, 2.75) is 64.4 Å². The molecule has 0 unspecified atom stereocenters. The van der Waals surface area contributed by atoms with Crippen LogP contribution in [-0.2, 0) is 34.5 Å². The number of hydrogen-bond acceptors (Lipinski definition) is 5. The number of rotatable bonds is 3. The number of cyclic esters (lactones) is 1. The second kappa shape index (κ2) is 6.31. The molecule has 3 aliphatic rings. The molecule has 3 aromatic rings. The largest absolute Gasteiger partial charge is 0.544 e. The Bertz CT molecular complexity index is 1400. The highest BCUT2D eigenvalue weighted by Crippen LogP contribution is 2.53. The van der Waals surface area contributed by atoms with Crippen molar-refractivity contribution < 1.29 is 14.0 Å². The van der Waals surface area contributed by atoms with Crippen LogP contribution >= 0.6 is 0 Å². The van der Waals surface area contributed by atoms with E-state index in [-0.39, 0.29) is 18.1 Å². The summed E-state index contributed by atoms with van der Waals surface area (Å²) in [5, 5.41) is 1.09. The normalized spacial score (nSPS) is 17.7. The van der Waals surface area contributed by atoms with Crippen LogP contribution in [0.1, 0.15) is 42.0 Å². The molecule has 6 rings (SSSR count). The number of aryl methyl sites for hydroxylation is 1. The molecule has 6 nitrogen and oxygen atoms in total. The molecule has 1 saturated carbocycles. The van der Waals surface area contributed by atoms with Crippen LogP contribution in [0.4, 0.5) is 0 Å². The van der Waals surface area contributed by atoms with Gasteiger partial charge >= 0.3 is 5.97 Å². The second-order valence-corrected chi connectivity index (χ2v) is 14.6. The summed E-state index contributed by atoms with van der Waals surface area (Å²) in [5.41, 5.74) is 5.72. The van der Waals surface area contributed by atoms with Crippen LogP contribution in [0, 0.1) is 0 Å². The number of esters is 1. The minimum Gasteiger partial charge on any atom is -0.544 e. The third kappa shape index (κ3) is 2.67. The fourth-order valence-corrected chi connectivity index (χ4v) is 6.14. The summed E-state index contributed by atoms with van der Waals surface area (Å²) < 4.78 is 13.4. The summed E-state index contributed by atoms with van der Waals surface area (Å²) in [4.78, 5) is 30.9. The Labute approximate surface area is 187 Å². The van der Waals surface area contributed by atoms with E-state index in [9.17, 15) is 9.59 Å². The van der Waals surface area contributed by atoms with Gasteiger partial charge in [0.05, 0.1) is 34.4 Å². The number of pyridine rings is 2. The fourth-order valence-electron chi connectivity index (χ4n) is 5.30. The highest BCUT2D eigenvalue weighted by atomic mass is 28.4. The Kier molecular flexibility index (Phi) is 3.89. The van der Waals surface area contributed by atoms with Crippen LogP contribution in [-0.4, -0.2) is 23.8 Å². The summed E-state index contributed by atoms with van der Waals surface area (Å²) in [6, 6.07) is 8.14. The van der Waals surface area contributed by atoms with Crippen molar-refractivity contribution in [1.29, 1.82) is 0 Å². The average Bonchev–Trinajstić information content (AvgIpc) is 3.45. The molecule has 2 aliphatic heterocycles. The fraction of sp³-hybridized carbons (Fsp3) is 0.400. The third-order valence-corrected chi connectivity index (χ3v) is 7.76. The number of carbonyl (C=O) groups excluding carboxylic acids is 1. The van der Waals surface area contributed by atoms with Gasteiger partial charge in [0.15, 0.2) is 0 Å². The Morgan fingerprint density at radius 1 is 1.16 bits per heavy atom. The average molecular weight is 447 g/mol. The summed E-state index contributed by atoms with van der Waals surface area (Å²) in [5.74, 6) is 0.686. The van der Waals surface area contributed by atoms with E-state index in [0.29, 0.717) is 12.1 Å². The summed E-state index contributed by atoms with van der Waals surface area (Å²) in [6.07, 6.45) is 2.34. The van der Waals surface area contributed by atoms with Gasteiger partial charge in [-0.25, -0.2) is 4.98 Å². The molecule has 4 heterocycles. The van der Waals surface area contributed by atoms with Gasteiger partial charge in [0, 0.05) is 10.9 Å². The van der Waals surface area contributed by atoms with Crippen molar-refractivity contribution in [3.8, 4) is 17.1 Å². The van der Waals surface area contributed by atoms with E-state index in [1.165, 1.54) is 5.56 Å². The molecule has 1 aromatic carbocycles. The number of hydrogen-bond donors (Lipinski definition) is 0. The molecular weight excluding hydrogens is 420 g/mol. The maximum absolute atomic E-state index is 13.4. The van der Waals surface area contributed by atoms with Gasteiger partial charge in [-0.05, 0) is 74.3 Å². The van der Waals surface area contributed by atoms with E-state index in [4.69, 9.17) is 14.1 Å². The summed E-state index contributed by atoms with van der Waals surface area (Å²) in [7, 11) is -1.73. The van der Waals surface area contributed by atoms with E-state index in [1.807, 2.05) is 22.8 Å². The number of carbonyl (C=O) groups is 1. The summed E-state index contributed by atoms with van der Waals surface area (Å²) in [6.45, 7) is 9.23. The van der Waals surface area contributed by atoms with Crippen molar-refractivity contribution in [1.82, 2.24) is 9.55 Å². The first-order valence-electron chi connectivity index (χ1n) is 11.3. The van der Waals surface area contributed by atoms with Crippen LogP contribution in [0.15, 0.2) is 29.1 Å². The number of benzene rings is 1. The maximum Gasteiger partial charge on any atom is 0.316 e. The smallest absolute Gasteiger partial charge is 0.316 e. The summed E-state index contributed by atoms with van der Waals surface area (Å²) >= 11 is 0. The monoisotopic (exact) mass is 446 g/mol. The van der Waals surface area contributed by atoms with Crippen molar-refractivity contribution in [2.75, 3.05) is 0 Å². The molecule has 32 heavy (non-hydrogen) atoms. The number of aromatic nitrogens is 2. The minimum absolute atomic E-state index is 0.0526. The van der Waals surface area contributed by atoms with Gasteiger partial charge in [0.1, 0.15) is 12.4 Å². The predicted octanol–water partition coefficient (Wildman–Crippen LogP) is 4.29. The molecule has 0 radical (unpaired) electrons. The van der Waals surface area contributed by atoms with Crippen molar-refractivity contribution >= 4 is 25.2 Å². The lowest BCUT2D eigenvalue weighted by molar-refractivity contribution is -0.149. The third-order valence-electron chi connectivity index (χ3n) is 6.92.